The monoisotopic (exact) mass is 319 g/mol. The zero-order chi connectivity index (χ0) is 17.2. The third-order valence-electron chi connectivity index (χ3n) is 2.97. The summed E-state index contributed by atoms with van der Waals surface area (Å²) in [4.78, 5) is 34.8. The van der Waals surface area contributed by atoms with Crippen LogP contribution in [0.5, 0.6) is 0 Å². The normalized spacial score (nSPS) is 18.1. The van der Waals surface area contributed by atoms with Gasteiger partial charge in [-0.25, -0.2) is 4.79 Å². The molecule has 9 heteroatoms. The maximum atomic E-state index is 12.0. The lowest BCUT2D eigenvalue weighted by atomic mass is 10.1. The van der Waals surface area contributed by atoms with E-state index in [1.165, 1.54) is 6.20 Å². The Morgan fingerprint density at radius 3 is 2.78 bits per heavy atom. The fraction of sp³-hybridized carbons (Fsp3) is 0.500. The van der Waals surface area contributed by atoms with Crippen LogP contribution in [-0.2, 0) is 14.3 Å². The Bertz CT molecular complexity index is 695. The summed E-state index contributed by atoms with van der Waals surface area (Å²) in [5.74, 6) is -0.738. The number of hydrogen-bond acceptors (Lipinski definition) is 7. The maximum absolute atomic E-state index is 12.0. The minimum atomic E-state index is -0.731. The van der Waals surface area contributed by atoms with Crippen LogP contribution in [0.25, 0.3) is 0 Å². The van der Waals surface area contributed by atoms with Gasteiger partial charge in [-0.15, -0.1) is 5.10 Å². The average molecular weight is 319 g/mol. The van der Waals surface area contributed by atoms with Gasteiger partial charge in [-0.2, -0.15) is 9.94 Å². The molecule has 0 aromatic carbocycles. The van der Waals surface area contributed by atoms with Crippen LogP contribution in [0.1, 0.15) is 39.2 Å². The van der Waals surface area contributed by atoms with E-state index in [9.17, 15) is 14.4 Å². The summed E-state index contributed by atoms with van der Waals surface area (Å²) in [5, 5.41) is 18.1. The number of nitriles is 1. The second-order valence-corrected chi connectivity index (χ2v) is 6.08. The minimum Gasteiger partial charge on any atom is -0.442 e. The molecule has 122 valence electrons. The van der Waals surface area contributed by atoms with Crippen LogP contribution in [0.2, 0.25) is 0 Å². The lowest BCUT2D eigenvalue weighted by molar-refractivity contribution is -0.133. The third-order valence-corrected chi connectivity index (χ3v) is 2.97. The Hall–Kier alpha value is -2.89. The molecule has 2 amide bonds. The number of nitrogens with zero attached hydrogens (tertiary/aromatic N) is 3. The van der Waals surface area contributed by atoms with Gasteiger partial charge >= 0.3 is 6.09 Å². The van der Waals surface area contributed by atoms with Gasteiger partial charge in [0, 0.05) is 6.42 Å². The van der Waals surface area contributed by atoms with Crippen molar-refractivity contribution in [3.8, 4) is 6.07 Å². The summed E-state index contributed by atoms with van der Waals surface area (Å²) in [7, 11) is 0. The molecule has 1 aliphatic rings. The first-order valence-electron chi connectivity index (χ1n) is 7.03. The van der Waals surface area contributed by atoms with E-state index in [0.29, 0.717) is 0 Å². The van der Waals surface area contributed by atoms with E-state index < -0.39 is 23.6 Å². The maximum Gasteiger partial charge on any atom is 0.435 e. The standard InChI is InChI=1S/C14H17N5O4/c1-14(2,3)23-13(22)19-7-8(6-15)11(18-19)16-9-4-5-10(20)17-12(9)21/h7,9H,4-5H2,1-3H3,(H,16,18)(H,17,20,21). The topological polar surface area (TPSA) is 126 Å². The number of aromatic nitrogens is 2. The predicted molar refractivity (Wildman–Crippen MR) is 78.4 cm³/mol. The number of carbonyl (C=O) groups excluding carboxylic acids is 3. The molecule has 0 radical (unpaired) electrons. The van der Waals surface area contributed by atoms with Crippen molar-refractivity contribution in [2.75, 3.05) is 5.32 Å². The van der Waals surface area contributed by atoms with Crippen LogP contribution in [0.4, 0.5) is 10.6 Å². The number of carbonyl (C=O) groups is 3. The Morgan fingerprint density at radius 2 is 2.22 bits per heavy atom. The number of nitrogens with one attached hydrogen (secondary N) is 2. The molecular formula is C14H17N5O4. The van der Waals surface area contributed by atoms with Gasteiger partial charge in [-0.05, 0) is 27.2 Å². The van der Waals surface area contributed by atoms with Crippen LogP contribution in [0.3, 0.4) is 0 Å². The van der Waals surface area contributed by atoms with Gasteiger partial charge in [0.05, 0.1) is 6.20 Å². The number of imide groups is 1. The molecule has 0 spiro atoms. The van der Waals surface area contributed by atoms with Gasteiger partial charge in [0.15, 0.2) is 5.82 Å². The molecule has 1 unspecified atom stereocenters. The van der Waals surface area contributed by atoms with Crippen LogP contribution in [-0.4, -0.2) is 39.3 Å². The van der Waals surface area contributed by atoms with Gasteiger partial charge in [0.25, 0.3) is 0 Å². The first-order valence-corrected chi connectivity index (χ1v) is 7.03. The molecule has 9 nitrogen and oxygen atoms in total. The highest BCUT2D eigenvalue weighted by molar-refractivity contribution is 6.01. The van der Waals surface area contributed by atoms with Gasteiger partial charge < -0.3 is 10.1 Å². The van der Waals surface area contributed by atoms with Gasteiger partial charge in [-0.3, -0.25) is 14.9 Å². The molecule has 23 heavy (non-hydrogen) atoms. The van der Waals surface area contributed by atoms with E-state index in [1.54, 1.807) is 20.8 Å². The van der Waals surface area contributed by atoms with E-state index in [4.69, 9.17) is 10.00 Å². The van der Waals surface area contributed by atoms with E-state index in [0.717, 1.165) is 4.68 Å². The number of anilines is 1. The second-order valence-electron chi connectivity index (χ2n) is 6.08. The Kier molecular flexibility index (Phi) is 4.36. The highest BCUT2D eigenvalue weighted by atomic mass is 16.6. The largest absolute Gasteiger partial charge is 0.442 e. The molecular weight excluding hydrogens is 302 g/mol. The quantitative estimate of drug-likeness (QED) is 0.770. The summed E-state index contributed by atoms with van der Waals surface area (Å²) < 4.78 is 6.06. The van der Waals surface area contributed by atoms with Crippen LogP contribution in [0, 0.1) is 11.3 Å². The number of rotatable bonds is 2. The zero-order valence-corrected chi connectivity index (χ0v) is 13.0. The van der Waals surface area contributed by atoms with E-state index in [2.05, 4.69) is 15.7 Å². The zero-order valence-electron chi connectivity index (χ0n) is 13.0. The molecule has 1 fully saturated rings. The van der Waals surface area contributed by atoms with Crippen molar-refractivity contribution in [2.45, 2.75) is 45.3 Å². The van der Waals surface area contributed by atoms with Crippen LogP contribution in [0.15, 0.2) is 6.20 Å². The highest BCUT2D eigenvalue weighted by Crippen LogP contribution is 2.17. The van der Waals surface area contributed by atoms with E-state index in [-0.39, 0.29) is 30.1 Å². The van der Waals surface area contributed by atoms with Gasteiger partial charge in [0.1, 0.15) is 23.3 Å². The molecule has 2 N–H and O–H groups in total. The average Bonchev–Trinajstić information content (AvgIpc) is 2.83. The van der Waals surface area contributed by atoms with Crippen LogP contribution < -0.4 is 10.6 Å². The molecule has 2 rings (SSSR count). The summed E-state index contributed by atoms with van der Waals surface area (Å²) in [6.45, 7) is 5.13. The van der Waals surface area contributed by atoms with E-state index >= 15 is 0 Å². The summed E-state index contributed by atoms with van der Waals surface area (Å²) in [6, 6.07) is 1.20. The van der Waals surface area contributed by atoms with Crippen molar-refractivity contribution < 1.29 is 19.1 Å². The van der Waals surface area contributed by atoms with Crippen molar-refractivity contribution in [1.29, 1.82) is 5.26 Å². The highest BCUT2D eigenvalue weighted by Gasteiger charge is 2.28. The summed E-state index contributed by atoms with van der Waals surface area (Å²) in [6.07, 6.45) is 0.972. The number of amides is 2. The summed E-state index contributed by atoms with van der Waals surface area (Å²) >= 11 is 0. The number of piperidine rings is 1. The third kappa shape index (κ3) is 4.06. The lowest BCUT2D eigenvalue weighted by Gasteiger charge is -2.21. The molecule has 1 saturated heterocycles. The molecule has 0 aliphatic carbocycles. The molecule has 2 heterocycles. The SMILES string of the molecule is CC(C)(C)OC(=O)n1cc(C#N)c(NC2CCC(=O)NC2=O)n1. The van der Waals surface area contributed by atoms with Crippen molar-refractivity contribution in [2.24, 2.45) is 0 Å². The summed E-state index contributed by atoms with van der Waals surface area (Å²) in [5.41, 5.74) is -0.604. The molecule has 0 saturated carbocycles. The Balaban J connectivity index is 2.17. The first kappa shape index (κ1) is 16.5. The van der Waals surface area contributed by atoms with Crippen molar-refractivity contribution in [1.82, 2.24) is 15.1 Å². The molecule has 1 aromatic heterocycles. The number of ether oxygens (including phenoxy) is 1. The lowest BCUT2D eigenvalue weighted by Crippen LogP contribution is -2.47. The fourth-order valence-corrected chi connectivity index (χ4v) is 1.96. The predicted octanol–water partition coefficient (Wildman–Crippen LogP) is 0.755. The minimum absolute atomic E-state index is 0.0906. The molecule has 1 aromatic rings. The molecule has 1 atom stereocenters. The van der Waals surface area contributed by atoms with Crippen molar-refractivity contribution >= 4 is 23.7 Å². The van der Waals surface area contributed by atoms with Gasteiger partial charge in [-0.1, -0.05) is 0 Å². The van der Waals surface area contributed by atoms with Crippen molar-refractivity contribution in [3.05, 3.63) is 11.8 Å². The molecule has 0 bridgehead atoms. The first-order chi connectivity index (χ1) is 10.7. The Morgan fingerprint density at radius 1 is 1.52 bits per heavy atom. The fourth-order valence-electron chi connectivity index (χ4n) is 1.96. The van der Waals surface area contributed by atoms with Crippen LogP contribution >= 0.6 is 0 Å². The van der Waals surface area contributed by atoms with E-state index in [1.807, 2.05) is 6.07 Å². The number of hydrogen-bond donors (Lipinski definition) is 2. The molecule has 1 aliphatic heterocycles. The van der Waals surface area contributed by atoms with Gasteiger partial charge in [0.2, 0.25) is 11.8 Å². The second kappa shape index (κ2) is 6.08. The Labute approximate surface area is 132 Å². The smallest absolute Gasteiger partial charge is 0.435 e. The van der Waals surface area contributed by atoms with Crippen molar-refractivity contribution in [3.63, 3.8) is 0 Å².